The van der Waals surface area contributed by atoms with Crippen LogP contribution in [0.5, 0.6) is 5.75 Å². The van der Waals surface area contributed by atoms with Crippen molar-refractivity contribution in [1.29, 1.82) is 0 Å². The summed E-state index contributed by atoms with van der Waals surface area (Å²) in [5, 5.41) is 3.28. The molecule has 0 fully saturated rings. The quantitative estimate of drug-likeness (QED) is 0.792. The molecule has 2 aromatic rings. The topological polar surface area (TPSA) is 47.3 Å². The number of nitrogens with two attached hydrogens (primary N) is 1. The van der Waals surface area contributed by atoms with Crippen molar-refractivity contribution in [3.05, 3.63) is 48.0 Å². The highest BCUT2D eigenvalue weighted by Crippen LogP contribution is 2.25. The van der Waals surface area contributed by atoms with Crippen LogP contribution in [0.25, 0.3) is 0 Å². The van der Waals surface area contributed by atoms with E-state index in [-0.39, 0.29) is 0 Å². The van der Waals surface area contributed by atoms with Crippen molar-refractivity contribution in [2.24, 2.45) is 0 Å². The summed E-state index contributed by atoms with van der Waals surface area (Å²) in [6.45, 7) is 2.04. The van der Waals surface area contributed by atoms with Crippen LogP contribution in [0.15, 0.2) is 42.5 Å². The summed E-state index contributed by atoms with van der Waals surface area (Å²) in [7, 11) is 1.65. The Bertz CT molecular complexity index is 506. The zero-order chi connectivity index (χ0) is 12.3. The highest BCUT2D eigenvalue weighted by Gasteiger charge is 2.00. The maximum atomic E-state index is 5.91. The number of hydrogen-bond acceptors (Lipinski definition) is 3. The van der Waals surface area contributed by atoms with Crippen molar-refractivity contribution in [3.8, 4) is 5.75 Å². The minimum atomic E-state index is 0.742. The third-order valence-electron chi connectivity index (χ3n) is 2.58. The number of aryl methyl sites for hydroxylation is 1. The molecule has 2 rings (SSSR count). The highest BCUT2D eigenvalue weighted by atomic mass is 16.5. The van der Waals surface area contributed by atoms with Crippen molar-refractivity contribution in [2.75, 3.05) is 18.2 Å². The predicted molar refractivity (Wildman–Crippen MR) is 71.9 cm³/mol. The van der Waals surface area contributed by atoms with E-state index in [9.17, 15) is 0 Å². The number of nitrogen functional groups attached to an aromatic ring is 1. The molecular weight excluding hydrogens is 212 g/mol. The Morgan fingerprint density at radius 3 is 2.41 bits per heavy atom. The first kappa shape index (κ1) is 11.3. The Labute approximate surface area is 101 Å². The van der Waals surface area contributed by atoms with Gasteiger partial charge in [0.15, 0.2) is 0 Å². The Hall–Kier alpha value is -2.16. The van der Waals surface area contributed by atoms with Gasteiger partial charge in [-0.25, -0.2) is 0 Å². The smallest absolute Gasteiger partial charge is 0.119 e. The van der Waals surface area contributed by atoms with Gasteiger partial charge in [-0.2, -0.15) is 0 Å². The van der Waals surface area contributed by atoms with Crippen molar-refractivity contribution in [2.45, 2.75) is 6.92 Å². The number of ether oxygens (including phenoxy) is 1. The van der Waals surface area contributed by atoms with Crippen LogP contribution >= 0.6 is 0 Å². The second kappa shape index (κ2) is 4.78. The molecule has 0 aliphatic rings. The van der Waals surface area contributed by atoms with Crippen molar-refractivity contribution < 1.29 is 4.74 Å². The molecule has 3 N–H and O–H groups in total. The summed E-state index contributed by atoms with van der Waals surface area (Å²) in [5.74, 6) is 0.841. The van der Waals surface area contributed by atoms with Gasteiger partial charge in [0.25, 0.3) is 0 Å². The molecule has 0 atom stereocenters. The van der Waals surface area contributed by atoms with E-state index >= 15 is 0 Å². The van der Waals surface area contributed by atoms with Gasteiger partial charge in [0.1, 0.15) is 5.75 Å². The molecule has 17 heavy (non-hydrogen) atoms. The monoisotopic (exact) mass is 228 g/mol. The highest BCUT2D eigenvalue weighted by molar-refractivity contribution is 5.73. The molecule has 88 valence electrons. The average Bonchev–Trinajstić information content (AvgIpc) is 2.35. The van der Waals surface area contributed by atoms with E-state index in [0.29, 0.717) is 0 Å². The van der Waals surface area contributed by atoms with E-state index < -0.39 is 0 Å². The molecule has 2 aromatic carbocycles. The molecule has 0 amide bonds. The molecule has 0 bridgehead atoms. The lowest BCUT2D eigenvalue weighted by Crippen LogP contribution is -1.96. The van der Waals surface area contributed by atoms with Crippen molar-refractivity contribution in [1.82, 2.24) is 0 Å². The van der Waals surface area contributed by atoms with Crippen LogP contribution in [-0.2, 0) is 0 Å². The van der Waals surface area contributed by atoms with E-state index in [1.54, 1.807) is 7.11 Å². The minimum absolute atomic E-state index is 0.742. The molecule has 0 unspecified atom stereocenters. The molecule has 0 spiro atoms. The summed E-state index contributed by atoms with van der Waals surface area (Å²) in [4.78, 5) is 0. The van der Waals surface area contributed by atoms with E-state index in [1.807, 2.05) is 49.4 Å². The van der Waals surface area contributed by atoms with Gasteiger partial charge in [-0.1, -0.05) is 6.07 Å². The van der Waals surface area contributed by atoms with Crippen molar-refractivity contribution >= 4 is 17.1 Å². The molecule has 3 nitrogen and oxygen atoms in total. The largest absolute Gasteiger partial charge is 0.497 e. The van der Waals surface area contributed by atoms with Gasteiger partial charge in [0.2, 0.25) is 0 Å². The van der Waals surface area contributed by atoms with Gasteiger partial charge < -0.3 is 15.8 Å². The van der Waals surface area contributed by atoms with Gasteiger partial charge in [-0.3, -0.25) is 0 Å². The number of benzene rings is 2. The molecule has 0 aliphatic heterocycles. The summed E-state index contributed by atoms with van der Waals surface area (Å²) in [5.41, 5.74) is 9.74. The van der Waals surface area contributed by atoms with E-state index in [1.165, 1.54) is 5.56 Å². The summed E-state index contributed by atoms with van der Waals surface area (Å²) in [6.07, 6.45) is 0. The normalized spacial score (nSPS) is 10.0. The molecule has 0 aliphatic carbocycles. The first-order valence-electron chi connectivity index (χ1n) is 5.46. The Morgan fingerprint density at radius 1 is 1.06 bits per heavy atom. The van der Waals surface area contributed by atoms with Crippen LogP contribution < -0.4 is 15.8 Å². The predicted octanol–water partition coefficient (Wildman–Crippen LogP) is 3.33. The first-order chi connectivity index (χ1) is 8.19. The molecule has 0 radical (unpaired) electrons. The zero-order valence-electron chi connectivity index (χ0n) is 10.0. The fraction of sp³-hybridized carbons (Fsp3) is 0.143. The number of hydrogen-bond donors (Lipinski definition) is 2. The van der Waals surface area contributed by atoms with Gasteiger partial charge >= 0.3 is 0 Å². The van der Waals surface area contributed by atoms with Crippen LogP contribution in [0, 0.1) is 6.92 Å². The fourth-order valence-corrected chi connectivity index (χ4v) is 1.61. The molecular formula is C14H16N2O. The number of methoxy groups -OCH3 is 1. The molecule has 0 saturated carbocycles. The fourth-order valence-electron chi connectivity index (χ4n) is 1.61. The molecule has 0 heterocycles. The summed E-state index contributed by atoms with van der Waals surface area (Å²) in [6, 6.07) is 13.7. The van der Waals surface area contributed by atoms with Crippen LogP contribution in [0.2, 0.25) is 0 Å². The average molecular weight is 228 g/mol. The second-order valence-electron chi connectivity index (χ2n) is 3.94. The summed E-state index contributed by atoms with van der Waals surface area (Å²) < 4.78 is 5.11. The number of nitrogens with one attached hydrogen (secondary N) is 1. The van der Waals surface area contributed by atoms with Crippen LogP contribution in [0.4, 0.5) is 17.1 Å². The van der Waals surface area contributed by atoms with Gasteiger partial charge in [-0.15, -0.1) is 0 Å². The number of anilines is 3. The second-order valence-corrected chi connectivity index (χ2v) is 3.94. The Balaban J connectivity index is 2.22. The van der Waals surface area contributed by atoms with Crippen LogP contribution in [-0.4, -0.2) is 7.11 Å². The van der Waals surface area contributed by atoms with Crippen molar-refractivity contribution in [3.63, 3.8) is 0 Å². The molecule has 0 aromatic heterocycles. The van der Waals surface area contributed by atoms with Gasteiger partial charge in [0.05, 0.1) is 18.5 Å². The Morgan fingerprint density at radius 2 is 1.76 bits per heavy atom. The van der Waals surface area contributed by atoms with E-state index in [2.05, 4.69) is 5.32 Å². The first-order valence-corrected chi connectivity index (χ1v) is 5.46. The standard InChI is InChI=1S/C14H16N2O/c1-10-3-8-13(15)14(9-10)16-11-4-6-12(17-2)7-5-11/h3-9,16H,15H2,1-2H3. The maximum Gasteiger partial charge on any atom is 0.119 e. The maximum absolute atomic E-state index is 5.91. The zero-order valence-corrected chi connectivity index (χ0v) is 10.0. The third-order valence-corrected chi connectivity index (χ3v) is 2.58. The van der Waals surface area contributed by atoms with Gasteiger partial charge in [0, 0.05) is 5.69 Å². The molecule has 3 heteroatoms. The lowest BCUT2D eigenvalue weighted by atomic mass is 10.2. The van der Waals surface area contributed by atoms with Crippen LogP contribution in [0.3, 0.4) is 0 Å². The van der Waals surface area contributed by atoms with E-state index in [4.69, 9.17) is 10.5 Å². The minimum Gasteiger partial charge on any atom is -0.497 e. The molecule has 0 saturated heterocycles. The SMILES string of the molecule is COc1ccc(Nc2cc(C)ccc2N)cc1. The summed E-state index contributed by atoms with van der Waals surface area (Å²) >= 11 is 0. The Kier molecular flexibility index (Phi) is 3.19. The third kappa shape index (κ3) is 2.69. The number of rotatable bonds is 3. The van der Waals surface area contributed by atoms with Crippen LogP contribution in [0.1, 0.15) is 5.56 Å². The lowest BCUT2D eigenvalue weighted by molar-refractivity contribution is 0.415. The lowest BCUT2D eigenvalue weighted by Gasteiger charge is -2.10. The van der Waals surface area contributed by atoms with Gasteiger partial charge in [-0.05, 0) is 48.9 Å². The van der Waals surface area contributed by atoms with E-state index in [0.717, 1.165) is 22.8 Å².